The predicted molar refractivity (Wildman–Crippen MR) is 84.8 cm³/mol. The van der Waals surface area contributed by atoms with Crippen molar-refractivity contribution < 1.29 is 17.9 Å². The Labute approximate surface area is 138 Å². The summed E-state index contributed by atoms with van der Waals surface area (Å²) in [5, 5.41) is 2.86. The molecule has 0 fully saturated rings. The summed E-state index contributed by atoms with van der Waals surface area (Å²) < 4.78 is 41.0. The van der Waals surface area contributed by atoms with E-state index < -0.39 is 12.8 Å². The van der Waals surface area contributed by atoms with Gasteiger partial charge in [0.25, 0.3) is 0 Å². The molecule has 0 aliphatic heterocycles. The van der Waals surface area contributed by atoms with E-state index in [9.17, 15) is 13.2 Å². The number of nitrogens with one attached hydrogen (secondary N) is 1. The molecule has 0 saturated heterocycles. The highest BCUT2D eigenvalue weighted by Crippen LogP contribution is 2.20. The Bertz CT molecular complexity index is 454. The van der Waals surface area contributed by atoms with Gasteiger partial charge in [-0.1, -0.05) is 13.0 Å². The van der Waals surface area contributed by atoms with Crippen LogP contribution in [0.2, 0.25) is 0 Å². The maximum atomic E-state index is 12.1. The molecule has 0 radical (unpaired) electrons. The van der Waals surface area contributed by atoms with E-state index in [2.05, 4.69) is 20.0 Å². The lowest BCUT2D eigenvalue weighted by Gasteiger charge is -2.11. The van der Waals surface area contributed by atoms with Crippen LogP contribution in [0.4, 0.5) is 13.2 Å². The molecular weight excluding hydrogens is 400 g/mol. The highest BCUT2D eigenvalue weighted by Gasteiger charge is 2.29. The van der Waals surface area contributed by atoms with Gasteiger partial charge in [0.2, 0.25) is 5.88 Å². The number of halogens is 4. The van der Waals surface area contributed by atoms with Crippen molar-refractivity contribution in [1.82, 2.24) is 10.3 Å². The van der Waals surface area contributed by atoms with Crippen LogP contribution in [0.25, 0.3) is 0 Å². The number of alkyl halides is 3. The number of nitrogens with two attached hydrogens (primary N) is 1. The van der Waals surface area contributed by atoms with E-state index in [1.807, 2.05) is 6.92 Å². The Balaban J connectivity index is 0.00000400. The van der Waals surface area contributed by atoms with E-state index in [-0.39, 0.29) is 42.4 Å². The van der Waals surface area contributed by atoms with Gasteiger partial charge in [-0.3, -0.25) is 0 Å². The summed E-state index contributed by atoms with van der Waals surface area (Å²) in [6.07, 6.45) is -2.15. The van der Waals surface area contributed by atoms with Crippen LogP contribution in [0.15, 0.2) is 23.3 Å². The molecule has 9 heteroatoms. The van der Waals surface area contributed by atoms with Crippen molar-refractivity contribution in [3.8, 4) is 5.88 Å². The average Bonchev–Trinajstić information content (AvgIpc) is 2.40. The molecule has 0 saturated carbocycles. The lowest BCUT2D eigenvalue weighted by Crippen LogP contribution is -2.32. The fourth-order valence-corrected chi connectivity index (χ4v) is 1.30. The third kappa shape index (κ3) is 8.58. The van der Waals surface area contributed by atoms with E-state index in [0.29, 0.717) is 12.1 Å². The molecule has 1 heterocycles. The first-order valence-corrected chi connectivity index (χ1v) is 6.09. The van der Waals surface area contributed by atoms with Gasteiger partial charge in [-0.25, -0.2) is 9.98 Å². The molecule has 0 spiro atoms. The van der Waals surface area contributed by atoms with Crippen LogP contribution in [-0.2, 0) is 6.54 Å². The Morgan fingerprint density at radius 1 is 1.48 bits per heavy atom. The van der Waals surface area contributed by atoms with Gasteiger partial charge in [-0.15, -0.1) is 24.0 Å². The average molecular weight is 418 g/mol. The minimum Gasteiger partial charge on any atom is -0.468 e. The van der Waals surface area contributed by atoms with Gasteiger partial charge in [0.05, 0.1) is 6.54 Å². The minimum atomic E-state index is -4.40. The van der Waals surface area contributed by atoms with Crippen LogP contribution >= 0.6 is 24.0 Å². The number of aromatic nitrogens is 1. The van der Waals surface area contributed by atoms with E-state index in [1.165, 1.54) is 6.20 Å². The van der Waals surface area contributed by atoms with Crippen molar-refractivity contribution in [2.24, 2.45) is 10.7 Å². The van der Waals surface area contributed by atoms with E-state index in [0.717, 1.165) is 6.42 Å². The number of nitrogens with zero attached hydrogens (tertiary/aromatic N) is 2. The van der Waals surface area contributed by atoms with Gasteiger partial charge in [0.15, 0.2) is 12.6 Å². The third-order valence-electron chi connectivity index (χ3n) is 2.20. The Kier molecular flexibility index (Phi) is 9.06. The zero-order chi connectivity index (χ0) is 15.0. The van der Waals surface area contributed by atoms with Gasteiger partial charge in [-0.2, -0.15) is 13.2 Å². The summed E-state index contributed by atoms with van der Waals surface area (Å²) in [6.45, 7) is 1.37. The monoisotopic (exact) mass is 418 g/mol. The largest absolute Gasteiger partial charge is 0.468 e. The van der Waals surface area contributed by atoms with Crippen molar-refractivity contribution in [3.63, 3.8) is 0 Å². The van der Waals surface area contributed by atoms with Crippen molar-refractivity contribution in [2.45, 2.75) is 26.1 Å². The molecule has 0 aromatic carbocycles. The Morgan fingerprint density at radius 3 is 2.81 bits per heavy atom. The maximum absolute atomic E-state index is 12.1. The fourth-order valence-electron chi connectivity index (χ4n) is 1.30. The molecule has 21 heavy (non-hydrogen) atoms. The van der Waals surface area contributed by atoms with Crippen LogP contribution in [0.3, 0.4) is 0 Å². The first kappa shape index (κ1) is 19.7. The smallest absolute Gasteiger partial charge is 0.422 e. The number of pyridine rings is 1. The first-order valence-electron chi connectivity index (χ1n) is 6.09. The van der Waals surface area contributed by atoms with E-state index in [4.69, 9.17) is 5.73 Å². The number of guanidine groups is 1. The standard InChI is InChI=1S/C12H17F3N4O.HI/c1-2-5-18-11(16)19-7-9-4-3-6-17-10(9)20-8-12(13,14)15;/h3-4,6H,2,5,7-8H2,1H3,(H3,16,18,19);1H. The first-order chi connectivity index (χ1) is 9.42. The predicted octanol–water partition coefficient (Wildman–Crippen LogP) is 2.46. The number of aliphatic imine (C=N–C) groups is 1. The van der Waals surface area contributed by atoms with Crippen LogP contribution in [-0.4, -0.2) is 30.3 Å². The molecule has 0 atom stereocenters. The summed E-state index contributed by atoms with van der Waals surface area (Å²) in [7, 11) is 0. The lowest BCUT2D eigenvalue weighted by atomic mass is 10.3. The Hall–Kier alpha value is -1.26. The number of ether oxygens (including phenoxy) is 1. The van der Waals surface area contributed by atoms with Gasteiger partial charge >= 0.3 is 6.18 Å². The second kappa shape index (κ2) is 9.64. The van der Waals surface area contributed by atoms with E-state index >= 15 is 0 Å². The molecule has 1 aromatic heterocycles. The third-order valence-corrected chi connectivity index (χ3v) is 2.20. The van der Waals surface area contributed by atoms with Crippen LogP contribution < -0.4 is 15.8 Å². The summed E-state index contributed by atoms with van der Waals surface area (Å²) in [5.74, 6) is 0.148. The lowest BCUT2D eigenvalue weighted by molar-refractivity contribution is -0.154. The molecule has 120 valence electrons. The molecule has 1 rings (SSSR count). The van der Waals surface area contributed by atoms with Crippen LogP contribution in [0.5, 0.6) is 5.88 Å². The van der Waals surface area contributed by atoms with Crippen LogP contribution in [0.1, 0.15) is 18.9 Å². The van der Waals surface area contributed by atoms with E-state index in [1.54, 1.807) is 12.1 Å². The molecule has 0 amide bonds. The molecule has 3 N–H and O–H groups in total. The summed E-state index contributed by atoms with van der Waals surface area (Å²) >= 11 is 0. The number of rotatable bonds is 6. The summed E-state index contributed by atoms with van der Waals surface area (Å²) in [4.78, 5) is 7.79. The highest BCUT2D eigenvalue weighted by atomic mass is 127. The molecular formula is C12H18F3IN4O. The van der Waals surface area contributed by atoms with Crippen LogP contribution in [0, 0.1) is 0 Å². The molecule has 0 aliphatic rings. The molecule has 0 unspecified atom stereocenters. The van der Waals surface area contributed by atoms with Crippen molar-refractivity contribution in [3.05, 3.63) is 23.9 Å². The fraction of sp³-hybridized carbons (Fsp3) is 0.500. The number of hydrogen-bond donors (Lipinski definition) is 2. The van der Waals surface area contributed by atoms with Crippen molar-refractivity contribution in [2.75, 3.05) is 13.2 Å². The van der Waals surface area contributed by atoms with Gasteiger partial charge in [0.1, 0.15) is 0 Å². The Morgan fingerprint density at radius 2 is 2.19 bits per heavy atom. The number of hydrogen-bond acceptors (Lipinski definition) is 3. The zero-order valence-corrected chi connectivity index (χ0v) is 13.8. The maximum Gasteiger partial charge on any atom is 0.422 e. The quantitative estimate of drug-likeness (QED) is 0.423. The molecule has 0 aliphatic carbocycles. The molecule has 1 aromatic rings. The van der Waals surface area contributed by atoms with Gasteiger partial charge < -0.3 is 15.8 Å². The van der Waals surface area contributed by atoms with Crippen molar-refractivity contribution >= 4 is 29.9 Å². The second-order valence-electron chi connectivity index (χ2n) is 4.00. The summed E-state index contributed by atoms with van der Waals surface area (Å²) in [6, 6.07) is 3.19. The molecule has 0 bridgehead atoms. The minimum absolute atomic E-state index is 0. The van der Waals surface area contributed by atoms with Gasteiger partial charge in [-0.05, 0) is 12.5 Å². The second-order valence-corrected chi connectivity index (χ2v) is 4.00. The SMILES string of the molecule is CCCNC(N)=NCc1cccnc1OCC(F)(F)F.I. The topological polar surface area (TPSA) is 72.5 Å². The highest BCUT2D eigenvalue weighted by molar-refractivity contribution is 14.0. The zero-order valence-electron chi connectivity index (χ0n) is 11.5. The summed E-state index contributed by atoms with van der Waals surface area (Å²) in [5.41, 5.74) is 6.04. The normalized spacial score (nSPS) is 11.7. The van der Waals surface area contributed by atoms with Gasteiger partial charge in [0, 0.05) is 18.3 Å². The molecule has 5 nitrogen and oxygen atoms in total. The van der Waals surface area contributed by atoms with Crippen molar-refractivity contribution in [1.29, 1.82) is 0 Å².